The number of carbonyl (C=O) groups excluding carboxylic acids is 3. The summed E-state index contributed by atoms with van der Waals surface area (Å²) in [5, 5.41) is 15.5. The van der Waals surface area contributed by atoms with Gasteiger partial charge >= 0.3 is 6.09 Å². The molecule has 200 valence electrons. The summed E-state index contributed by atoms with van der Waals surface area (Å²) >= 11 is 1.53. The summed E-state index contributed by atoms with van der Waals surface area (Å²) in [7, 11) is 0. The molecule has 0 radical (unpaired) electrons. The van der Waals surface area contributed by atoms with Gasteiger partial charge in [-0.1, -0.05) is 31.4 Å². The van der Waals surface area contributed by atoms with Gasteiger partial charge in [-0.15, -0.1) is 6.42 Å². The van der Waals surface area contributed by atoms with Gasteiger partial charge in [-0.05, 0) is 70.2 Å². The number of amides is 3. The number of alkyl carbamates (subject to hydrolysis) is 1. The molecule has 1 aromatic rings. The van der Waals surface area contributed by atoms with Crippen molar-refractivity contribution < 1.29 is 24.2 Å². The van der Waals surface area contributed by atoms with E-state index >= 15 is 0 Å². The summed E-state index contributed by atoms with van der Waals surface area (Å²) in [6.07, 6.45) is 8.66. The van der Waals surface area contributed by atoms with Crippen LogP contribution in [0.3, 0.4) is 0 Å². The molecular weight excluding hydrogens is 478 g/mol. The molecule has 3 unspecified atom stereocenters. The van der Waals surface area contributed by atoms with E-state index in [1.807, 2.05) is 20.1 Å². The monoisotopic (exact) mass is 519 g/mol. The highest BCUT2D eigenvalue weighted by molar-refractivity contribution is 7.98. The zero-order valence-electron chi connectivity index (χ0n) is 22.3. The first-order valence-electron chi connectivity index (χ1n) is 12.2. The minimum Gasteiger partial charge on any atom is -0.444 e. The molecule has 8 nitrogen and oxygen atoms in total. The van der Waals surface area contributed by atoms with Crippen LogP contribution < -0.4 is 10.6 Å². The standard InChI is InChI=1S/C27H41N3O5S/c1-8-10-19(3)28-24(32)23(21-13-11-20(9-2)12-14-21)30(16-17-31)25(33)22(15-18-36-7)29-26(34)35-27(4,5)6/h2,11-14,19,22-23,31H,8,10,15-18H2,1,3-7H3,(H,28,32)(H,29,34). The van der Waals surface area contributed by atoms with Crippen molar-refractivity contribution in [3.8, 4) is 12.3 Å². The Bertz CT molecular complexity index is 892. The molecule has 0 heterocycles. The van der Waals surface area contributed by atoms with Gasteiger partial charge in [0.1, 0.15) is 17.7 Å². The van der Waals surface area contributed by atoms with Crippen LogP contribution in [-0.4, -0.2) is 70.8 Å². The number of thioether (sulfide) groups is 1. The lowest BCUT2D eigenvalue weighted by Crippen LogP contribution is -2.54. The summed E-state index contributed by atoms with van der Waals surface area (Å²) < 4.78 is 5.36. The first-order chi connectivity index (χ1) is 17.0. The minimum atomic E-state index is -1.02. The number of hydrogen-bond acceptors (Lipinski definition) is 6. The van der Waals surface area contributed by atoms with Crippen molar-refractivity contribution >= 4 is 29.7 Å². The molecule has 36 heavy (non-hydrogen) atoms. The van der Waals surface area contributed by atoms with Gasteiger partial charge in [0.2, 0.25) is 11.8 Å². The number of rotatable bonds is 13. The van der Waals surface area contributed by atoms with Crippen LogP contribution in [0.2, 0.25) is 0 Å². The third kappa shape index (κ3) is 10.5. The van der Waals surface area contributed by atoms with Gasteiger partial charge in [0, 0.05) is 18.2 Å². The van der Waals surface area contributed by atoms with Gasteiger partial charge in [0.05, 0.1) is 6.61 Å². The molecular formula is C27H41N3O5S. The highest BCUT2D eigenvalue weighted by atomic mass is 32.2. The molecule has 0 fully saturated rings. The second-order valence-corrected chi connectivity index (χ2v) is 10.6. The fourth-order valence-corrected chi connectivity index (χ4v) is 4.15. The van der Waals surface area contributed by atoms with E-state index in [1.165, 1.54) is 16.7 Å². The van der Waals surface area contributed by atoms with E-state index in [1.54, 1.807) is 45.0 Å². The van der Waals surface area contributed by atoms with Crippen molar-refractivity contribution in [2.24, 2.45) is 0 Å². The molecule has 0 spiro atoms. The zero-order chi connectivity index (χ0) is 27.3. The Morgan fingerprint density at radius 3 is 2.31 bits per heavy atom. The fraction of sp³-hybridized carbons (Fsp3) is 0.593. The van der Waals surface area contributed by atoms with E-state index in [-0.39, 0.29) is 25.1 Å². The highest BCUT2D eigenvalue weighted by Crippen LogP contribution is 2.24. The van der Waals surface area contributed by atoms with Crippen molar-refractivity contribution in [1.82, 2.24) is 15.5 Å². The van der Waals surface area contributed by atoms with Gasteiger partial charge in [0.25, 0.3) is 0 Å². The van der Waals surface area contributed by atoms with E-state index < -0.39 is 29.7 Å². The van der Waals surface area contributed by atoms with Crippen molar-refractivity contribution in [1.29, 1.82) is 0 Å². The third-order valence-electron chi connectivity index (χ3n) is 5.29. The molecule has 0 bridgehead atoms. The molecule has 3 amide bonds. The Kier molecular flexibility index (Phi) is 13.4. The average Bonchev–Trinajstić information content (AvgIpc) is 2.80. The van der Waals surface area contributed by atoms with E-state index in [9.17, 15) is 19.5 Å². The SMILES string of the molecule is C#Cc1ccc(C(C(=O)NC(C)CCC)N(CCO)C(=O)C(CCSC)NC(=O)OC(C)(C)C)cc1. The zero-order valence-corrected chi connectivity index (χ0v) is 23.1. The van der Waals surface area contributed by atoms with E-state index in [0.29, 0.717) is 23.3 Å². The number of benzene rings is 1. The maximum Gasteiger partial charge on any atom is 0.408 e. The second-order valence-electron chi connectivity index (χ2n) is 9.60. The molecule has 3 N–H and O–H groups in total. The lowest BCUT2D eigenvalue weighted by Gasteiger charge is -2.34. The van der Waals surface area contributed by atoms with E-state index in [2.05, 4.69) is 16.6 Å². The normalized spacial score (nSPS) is 13.6. The number of hydrogen-bond donors (Lipinski definition) is 3. The Morgan fingerprint density at radius 1 is 1.17 bits per heavy atom. The van der Waals surface area contributed by atoms with Crippen molar-refractivity contribution in [2.75, 3.05) is 25.2 Å². The fourth-order valence-electron chi connectivity index (χ4n) is 3.68. The minimum absolute atomic E-state index is 0.0955. The van der Waals surface area contributed by atoms with Gasteiger partial charge in [-0.2, -0.15) is 11.8 Å². The van der Waals surface area contributed by atoms with Crippen LogP contribution in [0.15, 0.2) is 24.3 Å². The van der Waals surface area contributed by atoms with Gasteiger partial charge in [-0.25, -0.2) is 4.79 Å². The Hall–Kier alpha value is -2.70. The first kappa shape index (κ1) is 31.3. The Labute approximate surface area is 219 Å². The van der Waals surface area contributed by atoms with Crippen molar-refractivity contribution in [2.45, 2.75) is 77.6 Å². The summed E-state index contributed by atoms with van der Waals surface area (Å²) in [6.45, 7) is 8.69. The topological polar surface area (TPSA) is 108 Å². The van der Waals surface area contributed by atoms with Gasteiger partial charge in [-0.3, -0.25) is 9.59 Å². The lowest BCUT2D eigenvalue weighted by atomic mass is 10.0. The maximum absolute atomic E-state index is 13.8. The van der Waals surface area contributed by atoms with Crippen LogP contribution in [0.1, 0.15) is 71.0 Å². The van der Waals surface area contributed by atoms with Crippen LogP contribution >= 0.6 is 11.8 Å². The summed E-state index contributed by atoms with van der Waals surface area (Å²) in [4.78, 5) is 41.2. The molecule has 0 saturated heterocycles. The van der Waals surface area contributed by atoms with E-state index in [0.717, 1.165) is 12.8 Å². The molecule has 1 rings (SSSR count). The second kappa shape index (κ2) is 15.4. The smallest absolute Gasteiger partial charge is 0.408 e. The van der Waals surface area contributed by atoms with Crippen LogP contribution in [0.5, 0.6) is 0 Å². The summed E-state index contributed by atoms with van der Waals surface area (Å²) in [5.41, 5.74) is 0.457. The predicted molar refractivity (Wildman–Crippen MR) is 145 cm³/mol. The Balaban J connectivity index is 3.42. The van der Waals surface area contributed by atoms with Crippen LogP contribution in [0.25, 0.3) is 0 Å². The molecule has 1 aromatic carbocycles. The number of aliphatic hydroxyl groups excluding tert-OH is 1. The third-order valence-corrected chi connectivity index (χ3v) is 5.93. The highest BCUT2D eigenvalue weighted by Gasteiger charge is 2.36. The van der Waals surface area contributed by atoms with Crippen LogP contribution in [0.4, 0.5) is 4.79 Å². The number of aliphatic hydroxyl groups is 1. The van der Waals surface area contributed by atoms with Gasteiger partial charge < -0.3 is 25.4 Å². The van der Waals surface area contributed by atoms with E-state index in [4.69, 9.17) is 11.2 Å². The molecule has 3 atom stereocenters. The predicted octanol–water partition coefficient (Wildman–Crippen LogP) is 3.48. The molecule has 0 aliphatic rings. The lowest BCUT2D eigenvalue weighted by molar-refractivity contribution is -0.143. The van der Waals surface area contributed by atoms with Gasteiger partial charge in [0.15, 0.2) is 0 Å². The molecule has 0 saturated carbocycles. The number of nitrogens with one attached hydrogen (secondary N) is 2. The average molecular weight is 520 g/mol. The van der Waals surface area contributed by atoms with Crippen molar-refractivity contribution in [3.05, 3.63) is 35.4 Å². The summed E-state index contributed by atoms with van der Waals surface area (Å²) in [5.74, 6) is 2.30. The largest absolute Gasteiger partial charge is 0.444 e. The molecule has 0 aromatic heterocycles. The number of nitrogens with zero attached hydrogens (tertiary/aromatic N) is 1. The maximum atomic E-state index is 13.8. The Morgan fingerprint density at radius 2 is 1.81 bits per heavy atom. The van der Waals surface area contributed by atoms with Crippen molar-refractivity contribution in [3.63, 3.8) is 0 Å². The molecule has 9 heteroatoms. The quantitative estimate of drug-likeness (QED) is 0.345. The first-order valence-corrected chi connectivity index (χ1v) is 13.6. The molecule has 0 aliphatic carbocycles. The molecule has 0 aliphatic heterocycles. The number of terminal acetylenes is 1. The van der Waals surface area contributed by atoms with Crippen LogP contribution in [0, 0.1) is 12.3 Å². The number of carbonyl (C=O) groups is 3. The summed E-state index contributed by atoms with van der Waals surface area (Å²) in [6, 6.07) is 4.76. The number of ether oxygens (including phenoxy) is 1. The van der Waals surface area contributed by atoms with Crippen LogP contribution in [-0.2, 0) is 14.3 Å².